The van der Waals surface area contributed by atoms with Crippen molar-refractivity contribution in [2.45, 2.75) is 18.8 Å². The van der Waals surface area contributed by atoms with Crippen LogP contribution in [0.15, 0.2) is 28.8 Å². The van der Waals surface area contributed by atoms with E-state index in [2.05, 4.69) is 21.5 Å². The zero-order chi connectivity index (χ0) is 14.1. The fraction of sp³-hybridized carbons (Fsp3) is 0.375. The molecule has 5 heteroatoms. The highest BCUT2D eigenvalue weighted by molar-refractivity contribution is 5.82. The van der Waals surface area contributed by atoms with Crippen LogP contribution in [0.2, 0.25) is 0 Å². The first-order valence-electron chi connectivity index (χ1n) is 7.37. The first-order chi connectivity index (χ1) is 10.4. The molecular weight excluding hydrogens is 266 g/mol. The third-order valence-electron chi connectivity index (χ3n) is 4.05. The standard InChI is InChI=1S/C16H17N3O2/c1-2-4-14-12(3-1)9-13(10-20-14)15-18-16(21-19-15)11-5-7-17-8-6-11/h1-4,9,11,17H,5-8,10H2. The number of ether oxygens (including phenoxy) is 1. The van der Waals surface area contributed by atoms with Gasteiger partial charge in [0.05, 0.1) is 0 Å². The molecule has 0 spiro atoms. The van der Waals surface area contributed by atoms with Crippen molar-refractivity contribution in [3.05, 3.63) is 41.5 Å². The number of rotatable bonds is 2. The Hall–Kier alpha value is -2.14. The van der Waals surface area contributed by atoms with E-state index in [1.807, 2.05) is 24.3 Å². The van der Waals surface area contributed by atoms with Crippen LogP contribution >= 0.6 is 0 Å². The summed E-state index contributed by atoms with van der Waals surface area (Å²) in [6.07, 6.45) is 4.19. The predicted molar refractivity (Wildman–Crippen MR) is 79.0 cm³/mol. The van der Waals surface area contributed by atoms with Crippen LogP contribution < -0.4 is 10.1 Å². The molecule has 1 fully saturated rings. The van der Waals surface area contributed by atoms with Crippen molar-refractivity contribution in [2.24, 2.45) is 0 Å². The highest BCUT2D eigenvalue weighted by Crippen LogP contribution is 2.30. The molecule has 0 aliphatic carbocycles. The highest BCUT2D eigenvalue weighted by Gasteiger charge is 2.23. The van der Waals surface area contributed by atoms with Crippen molar-refractivity contribution in [2.75, 3.05) is 19.7 Å². The summed E-state index contributed by atoms with van der Waals surface area (Å²) in [6.45, 7) is 2.52. The fourth-order valence-electron chi connectivity index (χ4n) is 2.85. The fourth-order valence-corrected chi connectivity index (χ4v) is 2.85. The molecule has 0 unspecified atom stereocenters. The van der Waals surface area contributed by atoms with E-state index in [9.17, 15) is 0 Å². The minimum Gasteiger partial charge on any atom is -0.488 e. The van der Waals surface area contributed by atoms with E-state index < -0.39 is 0 Å². The largest absolute Gasteiger partial charge is 0.488 e. The van der Waals surface area contributed by atoms with Crippen LogP contribution in [0.3, 0.4) is 0 Å². The zero-order valence-corrected chi connectivity index (χ0v) is 11.7. The Morgan fingerprint density at radius 1 is 1.14 bits per heavy atom. The van der Waals surface area contributed by atoms with Gasteiger partial charge >= 0.3 is 0 Å². The SMILES string of the molecule is C1=C(c2noc(C3CCNCC3)n2)COc2ccccc21. The second kappa shape index (κ2) is 5.33. The number of benzene rings is 1. The normalized spacial score (nSPS) is 18.8. The maximum absolute atomic E-state index is 5.75. The molecule has 1 aromatic carbocycles. The summed E-state index contributed by atoms with van der Waals surface area (Å²) >= 11 is 0. The van der Waals surface area contributed by atoms with Crippen molar-refractivity contribution in [3.63, 3.8) is 0 Å². The molecule has 1 saturated heterocycles. The lowest BCUT2D eigenvalue weighted by molar-refractivity contribution is 0.318. The van der Waals surface area contributed by atoms with Crippen LogP contribution in [0.1, 0.15) is 36.0 Å². The van der Waals surface area contributed by atoms with E-state index in [0.29, 0.717) is 18.3 Å². The van der Waals surface area contributed by atoms with Crippen LogP contribution in [0.25, 0.3) is 11.6 Å². The summed E-state index contributed by atoms with van der Waals surface area (Å²) in [4.78, 5) is 4.58. The van der Waals surface area contributed by atoms with Gasteiger partial charge in [0.15, 0.2) is 0 Å². The molecule has 2 aliphatic rings. The maximum atomic E-state index is 5.75. The van der Waals surface area contributed by atoms with Crippen molar-refractivity contribution in [1.82, 2.24) is 15.5 Å². The summed E-state index contributed by atoms with van der Waals surface area (Å²) in [5.41, 5.74) is 2.03. The van der Waals surface area contributed by atoms with Gasteiger partial charge in [-0.1, -0.05) is 23.4 Å². The summed E-state index contributed by atoms with van der Waals surface area (Å²) in [6, 6.07) is 7.97. The average molecular weight is 283 g/mol. The second-order valence-corrected chi connectivity index (χ2v) is 5.48. The van der Waals surface area contributed by atoms with Crippen LogP contribution in [0.5, 0.6) is 5.75 Å². The number of nitrogens with zero attached hydrogens (tertiary/aromatic N) is 2. The monoisotopic (exact) mass is 283 g/mol. The molecule has 1 N–H and O–H groups in total. The van der Waals surface area contributed by atoms with Crippen LogP contribution in [0, 0.1) is 0 Å². The number of hydrogen-bond donors (Lipinski definition) is 1. The van der Waals surface area contributed by atoms with Gasteiger partial charge in [0.25, 0.3) is 0 Å². The van der Waals surface area contributed by atoms with Gasteiger partial charge in [-0.2, -0.15) is 4.98 Å². The van der Waals surface area contributed by atoms with E-state index >= 15 is 0 Å². The number of piperidine rings is 1. The molecule has 0 amide bonds. The zero-order valence-electron chi connectivity index (χ0n) is 11.7. The minimum atomic E-state index is 0.380. The Kier molecular flexibility index (Phi) is 3.20. The van der Waals surface area contributed by atoms with Crippen LogP contribution in [-0.4, -0.2) is 29.8 Å². The second-order valence-electron chi connectivity index (χ2n) is 5.48. The molecule has 1 aromatic heterocycles. The quantitative estimate of drug-likeness (QED) is 0.917. The number of nitrogens with one attached hydrogen (secondary N) is 1. The van der Waals surface area contributed by atoms with E-state index in [1.165, 1.54) is 0 Å². The molecule has 3 heterocycles. The predicted octanol–water partition coefficient (Wildman–Crippen LogP) is 2.47. The van der Waals surface area contributed by atoms with Gasteiger partial charge in [0.2, 0.25) is 11.7 Å². The van der Waals surface area contributed by atoms with E-state index in [-0.39, 0.29) is 0 Å². The number of hydrogen-bond acceptors (Lipinski definition) is 5. The van der Waals surface area contributed by atoms with Crippen molar-refractivity contribution in [3.8, 4) is 5.75 Å². The van der Waals surface area contributed by atoms with Crippen LogP contribution in [0.4, 0.5) is 0 Å². The van der Waals surface area contributed by atoms with Gasteiger partial charge in [-0.3, -0.25) is 0 Å². The Labute approximate surface area is 123 Å². The highest BCUT2D eigenvalue weighted by atomic mass is 16.5. The molecule has 0 bridgehead atoms. The molecule has 2 aromatic rings. The molecule has 4 rings (SSSR count). The van der Waals surface area contributed by atoms with Gasteiger partial charge in [-0.05, 0) is 38.1 Å². The topological polar surface area (TPSA) is 60.2 Å². The average Bonchev–Trinajstić information content (AvgIpc) is 3.05. The first kappa shape index (κ1) is 12.6. The lowest BCUT2D eigenvalue weighted by atomic mass is 9.98. The Bertz CT molecular complexity index is 672. The molecule has 5 nitrogen and oxygen atoms in total. The van der Waals surface area contributed by atoms with Gasteiger partial charge in [0.1, 0.15) is 12.4 Å². The lowest BCUT2D eigenvalue weighted by Crippen LogP contribution is -2.26. The Balaban J connectivity index is 1.60. The molecule has 108 valence electrons. The van der Waals surface area contributed by atoms with Crippen molar-refractivity contribution >= 4 is 11.6 Å². The van der Waals surface area contributed by atoms with Gasteiger partial charge in [-0.25, -0.2) is 0 Å². The molecule has 2 aliphatic heterocycles. The Morgan fingerprint density at radius 2 is 2.00 bits per heavy atom. The smallest absolute Gasteiger partial charge is 0.230 e. The lowest BCUT2D eigenvalue weighted by Gasteiger charge is -2.18. The third-order valence-corrected chi connectivity index (χ3v) is 4.05. The van der Waals surface area contributed by atoms with E-state index in [1.54, 1.807) is 0 Å². The summed E-state index contributed by atoms with van der Waals surface area (Å²) in [5.74, 6) is 2.69. The van der Waals surface area contributed by atoms with Crippen LogP contribution in [-0.2, 0) is 0 Å². The maximum Gasteiger partial charge on any atom is 0.230 e. The third kappa shape index (κ3) is 2.45. The molecule has 0 atom stereocenters. The number of aromatic nitrogens is 2. The summed E-state index contributed by atoms with van der Waals surface area (Å²) in [5, 5.41) is 7.48. The molecule has 0 saturated carbocycles. The summed E-state index contributed by atoms with van der Waals surface area (Å²) in [7, 11) is 0. The minimum absolute atomic E-state index is 0.380. The number of para-hydroxylation sites is 1. The molecule has 0 radical (unpaired) electrons. The Morgan fingerprint density at radius 3 is 2.90 bits per heavy atom. The van der Waals surface area contributed by atoms with Gasteiger partial charge < -0.3 is 14.6 Å². The van der Waals surface area contributed by atoms with Crippen molar-refractivity contribution in [1.29, 1.82) is 0 Å². The molecular formula is C16H17N3O2. The van der Waals surface area contributed by atoms with E-state index in [4.69, 9.17) is 9.26 Å². The van der Waals surface area contributed by atoms with Gasteiger partial charge in [0, 0.05) is 17.1 Å². The van der Waals surface area contributed by atoms with E-state index in [0.717, 1.165) is 48.7 Å². The number of fused-ring (bicyclic) bond motifs is 1. The van der Waals surface area contributed by atoms with Crippen molar-refractivity contribution < 1.29 is 9.26 Å². The first-order valence-corrected chi connectivity index (χ1v) is 7.37. The summed E-state index contributed by atoms with van der Waals surface area (Å²) < 4.78 is 11.2. The van der Waals surface area contributed by atoms with Gasteiger partial charge in [-0.15, -0.1) is 0 Å². The molecule has 21 heavy (non-hydrogen) atoms.